The number of aliphatic hydroxyl groups is 14. The highest BCUT2D eigenvalue weighted by molar-refractivity contribution is 9.09. The van der Waals surface area contributed by atoms with Gasteiger partial charge >= 0.3 is 0 Å². The molecule has 0 aromatic heterocycles. The van der Waals surface area contributed by atoms with Gasteiger partial charge in [-0.2, -0.15) is 0 Å². The van der Waals surface area contributed by atoms with Crippen molar-refractivity contribution in [2.24, 2.45) is 0 Å². The topological polar surface area (TPSA) is 454 Å². The molecule has 11 unspecified atom stereocenters. The fourth-order valence-electron chi connectivity index (χ4n) is 8.08. The Morgan fingerprint density at radius 2 is 0.879 bits per heavy atom. The molecule has 0 aromatic carbocycles. The molecule has 17 N–H and O–H groups in total. The first-order valence-electron chi connectivity index (χ1n) is 20.7. The van der Waals surface area contributed by atoms with Crippen molar-refractivity contribution >= 4 is 33.7 Å². The number of carbonyl (C=O) groups is 3. The van der Waals surface area contributed by atoms with E-state index in [1.54, 1.807) is 0 Å². The zero-order chi connectivity index (χ0) is 48.9. The van der Waals surface area contributed by atoms with Crippen LogP contribution >= 0.6 is 15.9 Å². The molecule has 25 atom stereocenters. The zero-order valence-electron chi connectivity index (χ0n) is 35.2. The van der Waals surface area contributed by atoms with Crippen LogP contribution in [0.2, 0.25) is 0 Å². The van der Waals surface area contributed by atoms with E-state index in [2.05, 4.69) is 31.9 Å². The Labute approximate surface area is 383 Å². The smallest absolute Gasteiger partial charge is 0.232 e. The molecular weight excluding hydrogens is 970 g/mol. The van der Waals surface area contributed by atoms with Crippen molar-refractivity contribution < 1.29 is 129 Å². The van der Waals surface area contributed by atoms with Crippen molar-refractivity contribution in [2.75, 3.05) is 38.4 Å². The van der Waals surface area contributed by atoms with Crippen molar-refractivity contribution in [1.29, 1.82) is 0 Å². The minimum Gasteiger partial charge on any atom is -0.394 e. The van der Waals surface area contributed by atoms with E-state index in [9.17, 15) is 85.9 Å². The number of aliphatic hydroxyl groups excluding tert-OH is 14. The van der Waals surface area contributed by atoms with Crippen molar-refractivity contribution in [3.63, 3.8) is 0 Å². The SMILES string of the molecule is CC(=O)NC1[C@H](NC(=O)CBr)OC(CO)[C@@H](O[C@@H]2OC(CO)[C@@H](O[C@@H]3OC(CO[C@H]4OC(CO)[C@@H](O)C(O)[C@H]4O)[C@@H](O)C(O[C@H]4O[C@H](CO)[C@@H](O)C(O)C4O)C3O)C(O)[C@@H]2NC(C)=O)[C@@H]1O. The molecule has 30 heteroatoms. The van der Waals surface area contributed by atoms with Gasteiger partial charge in [-0.1, -0.05) is 15.9 Å². The third-order valence-electron chi connectivity index (χ3n) is 11.6. The number of amides is 3. The summed E-state index contributed by atoms with van der Waals surface area (Å²) in [6.07, 6.45) is -42.0. The fraction of sp³-hybridized carbons (Fsp3) is 0.917. The lowest BCUT2D eigenvalue weighted by molar-refractivity contribution is -0.383. The van der Waals surface area contributed by atoms with Gasteiger partial charge in [-0.3, -0.25) is 14.4 Å². The third-order valence-corrected chi connectivity index (χ3v) is 12.1. The molecule has 66 heavy (non-hydrogen) atoms. The highest BCUT2D eigenvalue weighted by atomic mass is 79.9. The third kappa shape index (κ3) is 12.3. The molecule has 5 aliphatic rings. The van der Waals surface area contributed by atoms with Crippen LogP contribution in [0.5, 0.6) is 0 Å². The maximum atomic E-state index is 12.6. The molecule has 29 nitrogen and oxygen atoms in total. The summed E-state index contributed by atoms with van der Waals surface area (Å²) >= 11 is 2.98. The molecule has 0 spiro atoms. The number of ether oxygens (including phenoxy) is 9. The van der Waals surface area contributed by atoms with Crippen LogP contribution in [0.1, 0.15) is 13.8 Å². The maximum Gasteiger partial charge on any atom is 0.232 e. The van der Waals surface area contributed by atoms with Gasteiger partial charge in [0.05, 0.1) is 38.4 Å². The number of hydrogen-bond acceptors (Lipinski definition) is 26. The molecule has 0 bridgehead atoms. The predicted molar refractivity (Wildman–Crippen MR) is 209 cm³/mol. The second kappa shape index (κ2) is 24.2. The van der Waals surface area contributed by atoms with Gasteiger partial charge in [-0.25, -0.2) is 0 Å². The van der Waals surface area contributed by atoms with Crippen LogP contribution in [-0.4, -0.2) is 281 Å². The normalized spacial score (nSPS) is 46.6. The summed E-state index contributed by atoms with van der Waals surface area (Å²) in [6.45, 7) is -2.31. The van der Waals surface area contributed by atoms with Gasteiger partial charge in [0.2, 0.25) is 17.7 Å². The molecular formula is C36H60BrN3O26. The first kappa shape index (κ1) is 54.9. The van der Waals surface area contributed by atoms with E-state index in [-0.39, 0.29) is 5.33 Å². The molecule has 5 aliphatic heterocycles. The van der Waals surface area contributed by atoms with E-state index in [1.807, 2.05) is 0 Å². The lowest BCUT2D eigenvalue weighted by atomic mass is 9.93. The van der Waals surface area contributed by atoms with E-state index < -0.39 is 204 Å². The summed E-state index contributed by atoms with van der Waals surface area (Å²) < 4.78 is 51.6. The molecule has 382 valence electrons. The largest absolute Gasteiger partial charge is 0.394 e. The Morgan fingerprint density at radius 1 is 0.455 bits per heavy atom. The van der Waals surface area contributed by atoms with E-state index in [4.69, 9.17) is 42.6 Å². The van der Waals surface area contributed by atoms with E-state index in [0.29, 0.717) is 0 Å². The minimum atomic E-state index is -2.20. The van der Waals surface area contributed by atoms with Crippen LogP contribution in [0.25, 0.3) is 0 Å². The number of nitrogens with one attached hydrogen (secondary N) is 3. The van der Waals surface area contributed by atoms with Gasteiger partial charge in [0.25, 0.3) is 0 Å². The summed E-state index contributed by atoms with van der Waals surface area (Å²) in [5.74, 6) is -2.10. The van der Waals surface area contributed by atoms with E-state index >= 15 is 0 Å². The van der Waals surface area contributed by atoms with Crippen molar-refractivity contribution in [3.05, 3.63) is 0 Å². The molecule has 5 saturated heterocycles. The molecule has 5 rings (SSSR count). The lowest BCUT2D eigenvalue weighted by Gasteiger charge is -2.50. The Kier molecular flexibility index (Phi) is 20.1. The molecule has 0 aromatic rings. The Morgan fingerprint density at radius 3 is 1.41 bits per heavy atom. The van der Waals surface area contributed by atoms with Crippen molar-refractivity contribution in [3.8, 4) is 0 Å². The van der Waals surface area contributed by atoms with Crippen LogP contribution in [0.4, 0.5) is 0 Å². The summed E-state index contributed by atoms with van der Waals surface area (Å²) in [6, 6.07) is -3.11. The van der Waals surface area contributed by atoms with Crippen LogP contribution in [0.3, 0.4) is 0 Å². The molecule has 0 saturated carbocycles. The Hall–Kier alpha value is -2.03. The summed E-state index contributed by atoms with van der Waals surface area (Å²) in [7, 11) is 0. The van der Waals surface area contributed by atoms with Gasteiger partial charge in [0.1, 0.15) is 122 Å². The van der Waals surface area contributed by atoms with Crippen molar-refractivity contribution in [1.82, 2.24) is 16.0 Å². The number of rotatable bonds is 17. The van der Waals surface area contributed by atoms with Gasteiger partial charge in [-0.15, -0.1) is 0 Å². The van der Waals surface area contributed by atoms with Crippen LogP contribution < -0.4 is 16.0 Å². The van der Waals surface area contributed by atoms with Crippen LogP contribution in [0.15, 0.2) is 0 Å². The Bertz CT molecular complexity index is 1580. The zero-order valence-corrected chi connectivity index (χ0v) is 36.8. The number of carbonyl (C=O) groups excluding carboxylic acids is 3. The second-order valence-corrected chi connectivity index (χ2v) is 16.8. The standard InChI is InChI=1S/C36H60BrN3O26/c1-9(45)38-17-22(51)29(13(6-43)59-32(17)40-16(47)3-37)64-33-18(39-10(2)46)23(52)30(14(7-44)62-33)65-36-28(57)31(66-35-27(56)25(54)20(49)12(5-42)61-35)21(50)15(63-36)8-58-34-26(55)24(53)19(48)11(4-41)60-34/h11-15,17-36,41-44,48-57H,3-8H2,1-2H3,(H,38,45)(H,39,46)(H,40,47)/t11?,12-,13?,14?,15?,17?,18+,19-,20-,21-,22-,23?,24?,25?,26-,27?,28?,29-,30-,31?,32-,33+,34+,35-,36+/m1/s1. The summed E-state index contributed by atoms with van der Waals surface area (Å²) in [5, 5.41) is 156. The molecule has 5 heterocycles. The van der Waals surface area contributed by atoms with E-state index in [0.717, 1.165) is 13.8 Å². The van der Waals surface area contributed by atoms with Gasteiger partial charge in [0, 0.05) is 13.8 Å². The highest BCUT2D eigenvalue weighted by Gasteiger charge is 2.56. The molecule has 3 amide bonds. The average molecular weight is 1030 g/mol. The lowest BCUT2D eigenvalue weighted by Crippen LogP contribution is -2.71. The molecule has 5 fully saturated rings. The first-order chi connectivity index (χ1) is 31.2. The minimum absolute atomic E-state index is 0.205. The fourth-order valence-corrected chi connectivity index (χ4v) is 8.24. The van der Waals surface area contributed by atoms with E-state index in [1.165, 1.54) is 0 Å². The maximum absolute atomic E-state index is 12.6. The number of alkyl halides is 1. The highest BCUT2D eigenvalue weighted by Crippen LogP contribution is 2.35. The summed E-state index contributed by atoms with van der Waals surface area (Å²) in [5.41, 5.74) is 0. The van der Waals surface area contributed by atoms with Gasteiger partial charge in [-0.05, 0) is 0 Å². The summed E-state index contributed by atoms with van der Waals surface area (Å²) in [4.78, 5) is 36.9. The molecule has 0 aliphatic carbocycles. The number of halogens is 1. The monoisotopic (exact) mass is 1030 g/mol. The Balaban J connectivity index is 1.42. The van der Waals surface area contributed by atoms with Gasteiger partial charge in [0.15, 0.2) is 31.4 Å². The van der Waals surface area contributed by atoms with Crippen LogP contribution in [-0.2, 0) is 57.0 Å². The average Bonchev–Trinajstić information content (AvgIpc) is 3.28. The van der Waals surface area contributed by atoms with Crippen molar-refractivity contribution in [2.45, 2.75) is 167 Å². The number of hydrogen-bond donors (Lipinski definition) is 17. The second-order valence-electron chi connectivity index (χ2n) is 16.2. The predicted octanol–water partition coefficient (Wildman–Crippen LogP) is -11.1. The van der Waals surface area contributed by atoms with Gasteiger partial charge < -0.3 is 130 Å². The first-order valence-corrected chi connectivity index (χ1v) is 21.8. The molecule has 0 radical (unpaired) electrons. The quantitative estimate of drug-likeness (QED) is 0.0602. The van der Waals surface area contributed by atoms with Crippen LogP contribution in [0, 0.1) is 0 Å².